The molecule has 3 N–H and O–H groups in total. The van der Waals surface area contributed by atoms with Crippen LogP contribution in [0.4, 0.5) is 5.95 Å². The molecule has 0 radical (unpaired) electrons. The van der Waals surface area contributed by atoms with Crippen LogP contribution < -0.4 is 5.32 Å². The van der Waals surface area contributed by atoms with Gasteiger partial charge in [0.25, 0.3) is 0 Å². The zero-order valence-corrected chi connectivity index (χ0v) is 21.2. The van der Waals surface area contributed by atoms with Gasteiger partial charge >= 0.3 is 0 Å². The molecule has 3 unspecified atom stereocenters. The van der Waals surface area contributed by atoms with Gasteiger partial charge in [0.1, 0.15) is 5.60 Å². The van der Waals surface area contributed by atoms with Crippen molar-refractivity contribution in [3.8, 4) is 11.3 Å². The van der Waals surface area contributed by atoms with E-state index in [-0.39, 0.29) is 30.8 Å². The summed E-state index contributed by atoms with van der Waals surface area (Å²) in [4.78, 5) is 13.8. The molecule has 36 heavy (non-hydrogen) atoms. The molecular formula is C27H31ClN4O4. The number of nitrogens with one attached hydrogen (secondary N) is 1. The smallest absolute Gasteiger partial charge is 0.223 e. The van der Waals surface area contributed by atoms with E-state index in [9.17, 15) is 10.2 Å². The van der Waals surface area contributed by atoms with E-state index >= 15 is 0 Å². The van der Waals surface area contributed by atoms with E-state index in [2.05, 4.69) is 30.2 Å². The molecule has 0 spiro atoms. The minimum Gasteiger partial charge on any atom is -0.389 e. The van der Waals surface area contributed by atoms with Crippen molar-refractivity contribution in [1.82, 2.24) is 15.0 Å². The van der Waals surface area contributed by atoms with Crippen molar-refractivity contribution in [2.24, 2.45) is 0 Å². The Morgan fingerprint density at radius 2 is 2.03 bits per heavy atom. The van der Waals surface area contributed by atoms with Crippen LogP contribution in [-0.2, 0) is 15.1 Å². The van der Waals surface area contributed by atoms with Crippen LogP contribution in [0.2, 0.25) is 5.02 Å². The molecule has 3 aliphatic rings. The van der Waals surface area contributed by atoms with Crippen LogP contribution in [0, 0.1) is 0 Å². The number of benzene rings is 1. The summed E-state index contributed by atoms with van der Waals surface area (Å²) in [7, 11) is 0. The van der Waals surface area contributed by atoms with Crippen molar-refractivity contribution in [3.05, 3.63) is 46.7 Å². The third-order valence-electron chi connectivity index (χ3n) is 7.79. The molecule has 3 aromatic rings. The molecule has 5 heterocycles. The Bertz CT molecular complexity index is 1300. The minimum atomic E-state index is -1.02. The molecule has 3 fully saturated rings. The number of hydrogen-bond donors (Lipinski definition) is 3. The topological polar surface area (TPSA) is 110 Å². The van der Waals surface area contributed by atoms with Gasteiger partial charge in [0.05, 0.1) is 53.4 Å². The van der Waals surface area contributed by atoms with Crippen molar-refractivity contribution in [2.75, 3.05) is 18.5 Å². The lowest BCUT2D eigenvalue weighted by molar-refractivity contribution is -0.0342. The van der Waals surface area contributed by atoms with E-state index in [1.54, 1.807) is 6.20 Å². The van der Waals surface area contributed by atoms with E-state index in [0.29, 0.717) is 36.1 Å². The maximum atomic E-state index is 11.7. The summed E-state index contributed by atoms with van der Waals surface area (Å²) in [6, 6.07) is 5.79. The number of aromatic nitrogens is 3. The van der Waals surface area contributed by atoms with Crippen LogP contribution in [0.25, 0.3) is 22.2 Å². The minimum absolute atomic E-state index is 0.113. The van der Waals surface area contributed by atoms with Crippen molar-refractivity contribution in [1.29, 1.82) is 0 Å². The molecule has 2 aromatic heterocycles. The number of halogens is 1. The lowest BCUT2D eigenvalue weighted by Crippen LogP contribution is -2.42. The summed E-state index contributed by atoms with van der Waals surface area (Å²) in [5.74, 6) is 0.571. The predicted octanol–water partition coefficient (Wildman–Crippen LogP) is 4.17. The molecule has 3 saturated heterocycles. The second-order valence-electron chi connectivity index (χ2n) is 10.5. The number of anilines is 1. The molecule has 1 aromatic carbocycles. The van der Waals surface area contributed by atoms with Crippen molar-refractivity contribution in [3.63, 3.8) is 0 Å². The van der Waals surface area contributed by atoms with Gasteiger partial charge in [-0.3, -0.25) is 4.98 Å². The summed E-state index contributed by atoms with van der Waals surface area (Å²) < 4.78 is 11.4. The third-order valence-corrected chi connectivity index (χ3v) is 8.07. The molecule has 0 aliphatic carbocycles. The highest BCUT2D eigenvalue weighted by molar-refractivity contribution is 6.33. The number of hydrogen-bond acceptors (Lipinski definition) is 8. The van der Waals surface area contributed by atoms with Gasteiger partial charge in [-0.2, -0.15) is 0 Å². The summed E-state index contributed by atoms with van der Waals surface area (Å²) >= 11 is 6.56. The van der Waals surface area contributed by atoms with Gasteiger partial charge in [-0.1, -0.05) is 31.5 Å². The van der Waals surface area contributed by atoms with Crippen LogP contribution in [-0.4, -0.2) is 62.7 Å². The molecule has 2 bridgehead atoms. The van der Waals surface area contributed by atoms with Crippen LogP contribution in [0.1, 0.15) is 56.6 Å². The summed E-state index contributed by atoms with van der Waals surface area (Å²) in [6.07, 6.45) is 5.85. The van der Waals surface area contributed by atoms with Crippen molar-refractivity contribution < 1.29 is 19.7 Å². The van der Waals surface area contributed by atoms with E-state index in [1.807, 2.05) is 18.3 Å². The van der Waals surface area contributed by atoms with Crippen LogP contribution >= 0.6 is 11.6 Å². The van der Waals surface area contributed by atoms with Crippen molar-refractivity contribution >= 4 is 28.5 Å². The SMILES string of the molecule is CC(C)c1c(C2(O)CC3CCC2O3)cnc2ccc(-c3nc(N[C@@H]4CCOC[C@H]4O)ncc3Cl)cc12. The van der Waals surface area contributed by atoms with Crippen LogP contribution in [0.3, 0.4) is 0 Å². The fraction of sp³-hybridized carbons (Fsp3) is 0.519. The molecule has 6 rings (SSSR count). The second kappa shape index (κ2) is 9.19. The van der Waals surface area contributed by atoms with Gasteiger partial charge in [0.15, 0.2) is 0 Å². The molecule has 5 atom stereocenters. The first-order chi connectivity index (χ1) is 17.3. The second-order valence-corrected chi connectivity index (χ2v) is 10.9. The maximum absolute atomic E-state index is 11.7. The Labute approximate surface area is 215 Å². The number of aliphatic hydroxyl groups is 2. The Hall–Kier alpha value is -2.36. The van der Waals surface area contributed by atoms with E-state index in [1.165, 1.54) is 0 Å². The summed E-state index contributed by atoms with van der Waals surface area (Å²) in [5.41, 5.74) is 3.21. The first-order valence-corrected chi connectivity index (χ1v) is 13.1. The Balaban J connectivity index is 1.42. The fourth-order valence-corrected chi connectivity index (χ4v) is 6.19. The normalized spacial score (nSPS) is 29.8. The average Bonchev–Trinajstić information content (AvgIpc) is 3.47. The molecule has 3 aliphatic heterocycles. The van der Waals surface area contributed by atoms with Gasteiger partial charge in [0.2, 0.25) is 5.95 Å². The molecule has 0 saturated carbocycles. The van der Waals surface area contributed by atoms with Crippen LogP contribution in [0.5, 0.6) is 0 Å². The first kappa shape index (κ1) is 24.0. The molecule has 8 nitrogen and oxygen atoms in total. The fourth-order valence-electron chi connectivity index (χ4n) is 5.99. The molecular weight excluding hydrogens is 480 g/mol. The quantitative estimate of drug-likeness (QED) is 0.469. The first-order valence-electron chi connectivity index (χ1n) is 12.7. The Morgan fingerprint density at radius 3 is 2.75 bits per heavy atom. The van der Waals surface area contributed by atoms with E-state index in [0.717, 1.165) is 40.4 Å². The highest BCUT2D eigenvalue weighted by Gasteiger charge is 2.53. The number of ether oxygens (including phenoxy) is 2. The lowest BCUT2D eigenvalue weighted by Gasteiger charge is -2.33. The highest BCUT2D eigenvalue weighted by Crippen LogP contribution is 2.50. The summed E-state index contributed by atoms with van der Waals surface area (Å²) in [5, 5.41) is 26.6. The number of pyridine rings is 1. The van der Waals surface area contributed by atoms with Gasteiger partial charge < -0.3 is 25.0 Å². The molecule has 9 heteroatoms. The number of rotatable bonds is 5. The number of aliphatic hydroxyl groups excluding tert-OH is 1. The van der Waals surface area contributed by atoms with Gasteiger partial charge in [0, 0.05) is 35.7 Å². The number of nitrogens with zero attached hydrogens (tertiary/aromatic N) is 3. The van der Waals surface area contributed by atoms with Gasteiger partial charge in [-0.25, -0.2) is 9.97 Å². The third kappa shape index (κ3) is 4.05. The van der Waals surface area contributed by atoms with Crippen molar-refractivity contribution in [2.45, 2.75) is 75.4 Å². The summed E-state index contributed by atoms with van der Waals surface area (Å²) in [6.45, 7) is 5.14. The highest BCUT2D eigenvalue weighted by atomic mass is 35.5. The zero-order chi connectivity index (χ0) is 25.0. The Morgan fingerprint density at radius 1 is 1.17 bits per heavy atom. The Kier molecular flexibility index (Phi) is 6.13. The predicted molar refractivity (Wildman–Crippen MR) is 137 cm³/mol. The average molecular weight is 511 g/mol. The molecule has 0 amide bonds. The molecule has 190 valence electrons. The van der Waals surface area contributed by atoms with Crippen LogP contribution in [0.15, 0.2) is 30.6 Å². The van der Waals surface area contributed by atoms with E-state index in [4.69, 9.17) is 31.0 Å². The maximum Gasteiger partial charge on any atom is 0.223 e. The monoisotopic (exact) mass is 510 g/mol. The standard InChI is InChI=1S/C27H31ClN4O4/c1-14(2)24-17-9-15(25-19(28)12-30-26(32-25)31-21-7-8-35-13-22(21)33)3-5-20(17)29-11-18(24)27(34)10-16-4-6-23(27)36-16/h3,5,9,11-12,14,16,21-23,33-34H,4,6-8,10,13H2,1-2H3,(H,30,31,32)/t16?,21-,22-,23?,27?/m1/s1. The number of fused-ring (bicyclic) bond motifs is 3. The zero-order valence-electron chi connectivity index (χ0n) is 20.4. The lowest BCUT2D eigenvalue weighted by atomic mass is 9.76. The van der Waals surface area contributed by atoms with E-state index < -0.39 is 11.7 Å². The largest absolute Gasteiger partial charge is 0.389 e. The van der Waals surface area contributed by atoms with Gasteiger partial charge in [-0.05, 0) is 42.9 Å². The van der Waals surface area contributed by atoms with Gasteiger partial charge in [-0.15, -0.1) is 0 Å².